The number of carbonyl (C=O) groups excluding carboxylic acids is 1. The molecule has 1 atom stereocenters. The Balaban J connectivity index is 2.46. The number of nitrogens with two attached hydrogens (primary N) is 1. The molecular formula is C13H16N2O4. The first kappa shape index (κ1) is 13.4. The summed E-state index contributed by atoms with van der Waals surface area (Å²) < 4.78 is 5.19. The maximum Gasteiger partial charge on any atom is 0.328 e. The van der Waals surface area contributed by atoms with Gasteiger partial charge in [0.05, 0.1) is 24.5 Å². The molecule has 1 aliphatic heterocycles. The summed E-state index contributed by atoms with van der Waals surface area (Å²) in [5.41, 5.74) is 7.18. The van der Waals surface area contributed by atoms with Crippen LogP contribution in [-0.2, 0) is 9.53 Å². The molecule has 0 radical (unpaired) electrons. The third-order valence-electron chi connectivity index (χ3n) is 3.14. The van der Waals surface area contributed by atoms with Gasteiger partial charge in [0.25, 0.3) is 5.91 Å². The highest BCUT2D eigenvalue weighted by Gasteiger charge is 2.31. The fourth-order valence-corrected chi connectivity index (χ4v) is 2.18. The van der Waals surface area contributed by atoms with E-state index in [0.717, 1.165) is 5.56 Å². The van der Waals surface area contributed by atoms with Crippen LogP contribution in [-0.4, -0.2) is 42.8 Å². The van der Waals surface area contributed by atoms with Crippen LogP contribution in [0.4, 0.5) is 5.69 Å². The highest BCUT2D eigenvalue weighted by Crippen LogP contribution is 2.25. The number of anilines is 1. The van der Waals surface area contributed by atoms with Crippen LogP contribution in [0.1, 0.15) is 15.9 Å². The zero-order chi connectivity index (χ0) is 14.0. The molecule has 0 bridgehead atoms. The lowest BCUT2D eigenvalue weighted by atomic mass is 10.1. The first-order valence-electron chi connectivity index (χ1n) is 5.98. The molecule has 1 fully saturated rings. The van der Waals surface area contributed by atoms with Gasteiger partial charge in [0, 0.05) is 6.54 Å². The molecule has 0 spiro atoms. The molecule has 19 heavy (non-hydrogen) atoms. The molecule has 1 aromatic rings. The lowest BCUT2D eigenvalue weighted by Crippen LogP contribution is -2.50. The summed E-state index contributed by atoms with van der Waals surface area (Å²) in [4.78, 5) is 24.4. The second-order valence-corrected chi connectivity index (χ2v) is 4.51. The van der Waals surface area contributed by atoms with Crippen LogP contribution >= 0.6 is 0 Å². The average molecular weight is 264 g/mol. The number of hydrogen-bond donors (Lipinski definition) is 2. The van der Waals surface area contributed by atoms with Gasteiger partial charge in [-0.05, 0) is 24.6 Å². The van der Waals surface area contributed by atoms with E-state index in [9.17, 15) is 14.7 Å². The van der Waals surface area contributed by atoms with E-state index < -0.39 is 17.9 Å². The zero-order valence-electron chi connectivity index (χ0n) is 10.6. The summed E-state index contributed by atoms with van der Waals surface area (Å²) >= 11 is 0. The molecule has 3 N–H and O–H groups in total. The number of carbonyl (C=O) groups is 2. The molecule has 1 aromatic carbocycles. The summed E-state index contributed by atoms with van der Waals surface area (Å²) in [5.74, 6) is -1.54. The van der Waals surface area contributed by atoms with Gasteiger partial charge in [0.2, 0.25) is 0 Å². The molecule has 102 valence electrons. The van der Waals surface area contributed by atoms with Gasteiger partial charge in [0.15, 0.2) is 6.04 Å². The van der Waals surface area contributed by atoms with Crippen LogP contribution in [0.3, 0.4) is 0 Å². The van der Waals surface area contributed by atoms with Gasteiger partial charge in [-0.25, -0.2) is 4.79 Å². The van der Waals surface area contributed by atoms with Gasteiger partial charge in [0.1, 0.15) is 0 Å². The summed E-state index contributed by atoms with van der Waals surface area (Å²) in [7, 11) is 0. The molecule has 0 aromatic heterocycles. The van der Waals surface area contributed by atoms with Crippen molar-refractivity contribution >= 4 is 17.6 Å². The lowest BCUT2D eigenvalue weighted by Gasteiger charge is -2.35. The molecule has 6 nitrogen and oxygen atoms in total. The van der Waals surface area contributed by atoms with Gasteiger partial charge in [-0.1, -0.05) is 6.07 Å². The predicted molar refractivity (Wildman–Crippen MR) is 69.3 cm³/mol. The summed E-state index contributed by atoms with van der Waals surface area (Å²) in [6, 6.07) is 4.39. The van der Waals surface area contributed by atoms with Crippen LogP contribution in [0.15, 0.2) is 18.2 Å². The van der Waals surface area contributed by atoms with Crippen LogP contribution in [0.25, 0.3) is 0 Å². The largest absolute Gasteiger partial charge is 0.480 e. The molecule has 1 heterocycles. The number of primary amides is 1. The summed E-state index contributed by atoms with van der Waals surface area (Å²) in [6.07, 6.45) is 0. The maximum atomic E-state index is 11.5. The van der Waals surface area contributed by atoms with Crippen molar-refractivity contribution in [2.75, 3.05) is 24.7 Å². The second kappa shape index (κ2) is 5.27. The smallest absolute Gasteiger partial charge is 0.328 e. The van der Waals surface area contributed by atoms with Gasteiger partial charge < -0.3 is 20.5 Å². The Morgan fingerprint density at radius 2 is 2.21 bits per heavy atom. The number of carboxylic acids is 1. The van der Waals surface area contributed by atoms with Crippen molar-refractivity contribution < 1.29 is 19.4 Å². The summed E-state index contributed by atoms with van der Waals surface area (Å²) in [6.45, 7) is 2.82. The first-order valence-corrected chi connectivity index (χ1v) is 5.98. The first-order chi connectivity index (χ1) is 9.00. The Morgan fingerprint density at radius 3 is 2.84 bits per heavy atom. The van der Waals surface area contributed by atoms with E-state index in [2.05, 4.69) is 0 Å². The second-order valence-electron chi connectivity index (χ2n) is 4.51. The zero-order valence-corrected chi connectivity index (χ0v) is 10.6. The minimum absolute atomic E-state index is 0.0987. The van der Waals surface area contributed by atoms with E-state index in [1.807, 2.05) is 6.92 Å². The molecule has 1 unspecified atom stereocenters. The Kier molecular flexibility index (Phi) is 3.71. The minimum atomic E-state index is -0.975. The van der Waals surface area contributed by atoms with Crippen molar-refractivity contribution in [2.24, 2.45) is 5.73 Å². The molecule has 1 aliphatic rings. The number of benzene rings is 1. The monoisotopic (exact) mass is 264 g/mol. The molecule has 1 amide bonds. The van der Waals surface area contributed by atoms with E-state index in [1.165, 1.54) is 0 Å². The minimum Gasteiger partial charge on any atom is -0.480 e. The Labute approximate surface area is 110 Å². The Morgan fingerprint density at radius 1 is 1.47 bits per heavy atom. The summed E-state index contributed by atoms with van der Waals surface area (Å²) in [5, 5.41) is 9.23. The molecular weight excluding hydrogens is 248 g/mol. The Bertz CT molecular complexity index is 515. The van der Waals surface area contributed by atoms with E-state index in [1.54, 1.807) is 23.1 Å². The number of nitrogens with zero attached hydrogens (tertiary/aromatic N) is 1. The van der Waals surface area contributed by atoms with Crippen molar-refractivity contribution in [3.05, 3.63) is 29.3 Å². The molecule has 6 heteroatoms. The SMILES string of the molecule is Cc1ccc(C(N)=O)c(N2CCOCC2C(=O)O)c1. The number of morpholine rings is 1. The van der Waals surface area contributed by atoms with Crippen molar-refractivity contribution in [1.29, 1.82) is 0 Å². The standard InChI is InChI=1S/C13H16N2O4/c1-8-2-3-9(12(14)16)10(6-8)15-4-5-19-7-11(15)13(17)18/h2-3,6,11H,4-5,7H2,1H3,(H2,14,16)(H,17,18). The molecule has 2 rings (SSSR count). The van der Waals surface area contributed by atoms with Crippen LogP contribution in [0.2, 0.25) is 0 Å². The van der Waals surface area contributed by atoms with Crippen molar-refractivity contribution in [3.63, 3.8) is 0 Å². The highest BCUT2D eigenvalue weighted by molar-refractivity contribution is 5.99. The maximum absolute atomic E-state index is 11.5. The average Bonchev–Trinajstić information content (AvgIpc) is 2.38. The fourth-order valence-electron chi connectivity index (χ4n) is 2.18. The number of ether oxygens (including phenoxy) is 1. The third-order valence-corrected chi connectivity index (χ3v) is 3.14. The lowest BCUT2D eigenvalue weighted by molar-refractivity contribution is -0.141. The number of hydrogen-bond acceptors (Lipinski definition) is 4. The van der Waals surface area contributed by atoms with Crippen molar-refractivity contribution in [1.82, 2.24) is 0 Å². The molecule has 0 aliphatic carbocycles. The van der Waals surface area contributed by atoms with Crippen molar-refractivity contribution in [3.8, 4) is 0 Å². The van der Waals surface area contributed by atoms with Crippen LogP contribution in [0.5, 0.6) is 0 Å². The van der Waals surface area contributed by atoms with Crippen LogP contribution < -0.4 is 10.6 Å². The molecule has 1 saturated heterocycles. The van der Waals surface area contributed by atoms with Gasteiger partial charge in [-0.3, -0.25) is 4.79 Å². The number of amides is 1. The number of carboxylic acid groups (broad SMARTS) is 1. The van der Waals surface area contributed by atoms with Crippen molar-refractivity contribution in [2.45, 2.75) is 13.0 Å². The number of aryl methyl sites for hydroxylation is 1. The fraction of sp³-hybridized carbons (Fsp3) is 0.385. The van der Waals surface area contributed by atoms with E-state index >= 15 is 0 Å². The quantitative estimate of drug-likeness (QED) is 0.823. The number of aliphatic carboxylic acids is 1. The third kappa shape index (κ3) is 2.68. The predicted octanol–water partition coefficient (Wildman–Crippen LogP) is 0.384. The normalized spacial score (nSPS) is 19.2. The van der Waals surface area contributed by atoms with Gasteiger partial charge in [-0.15, -0.1) is 0 Å². The number of rotatable bonds is 3. The van der Waals surface area contributed by atoms with Gasteiger partial charge >= 0.3 is 5.97 Å². The van der Waals surface area contributed by atoms with E-state index in [4.69, 9.17) is 10.5 Å². The topological polar surface area (TPSA) is 92.9 Å². The van der Waals surface area contributed by atoms with Gasteiger partial charge in [-0.2, -0.15) is 0 Å². The van der Waals surface area contributed by atoms with E-state index in [-0.39, 0.29) is 6.61 Å². The van der Waals surface area contributed by atoms with E-state index in [0.29, 0.717) is 24.4 Å². The van der Waals surface area contributed by atoms with Crippen LogP contribution in [0, 0.1) is 6.92 Å². The molecule has 0 saturated carbocycles. The highest BCUT2D eigenvalue weighted by atomic mass is 16.5. The Hall–Kier alpha value is -2.08.